The maximum Gasteiger partial charge on any atom is 0.0346 e. The molecule has 1 saturated heterocycles. The zero-order chi connectivity index (χ0) is 14.7. The minimum absolute atomic E-state index is 0.696. The Morgan fingerprint density at radius 2 is 1.90 bits per heavy atom. The average Bonchev–Trinajstić information content (AvgIpc) is 2.51. The van der Waals surface area contributed by atoms with E-state index in [1.165, 1.54) is 48.1 Å². The number of rotatable bonds is 3. The van der Waals surface area contributed by atoms with E-state index in [-0.39, 0.29) is 0 Å². The highest BCUT2D eigenvalue weighted by molar-refractivity contribution is 5.63. The van der Waals surface area contributed by atoms with Crippen molar-refractivity contribution in [2.24, 2.45) is 0 Å². The average molecular weight is 280 g/mol. The summed E-state index contributed by atoms with van der Waals surface area (Å²) in [6.07, 6.45) is 8.01. The SMILES string of the molecule is Cc1ccc(-c2cncc(CN3CCCC[C@H]3C)c2)cc1. The van der Waals surface area contributed by atoms with Gasteiger partial charge in [-0.25, -0.2) is 0 Å². The molecule has 0 N–H and O–H groups in total. The van der Waals surface area contributed by atoms with Gasteiger partial charge in [0.05, 0.1) is 0 Å². The Kier molecular flexibility index (Phi) is 4.35. The molecule has 1 aromatic carbocycles. The summed E-state index contributed by atoms with van der Waals surface area (Å²) >= 11 is 0. The van der Waals surface area contributed by atoms with E-state index in [0.717, 1.165) is 6.54 Å². The number of likely N-dealkylation sites (tertiary alicyclic amines) is 1. The van der Waals surface area contributed by atoms with Crippen molar-refractivity contribution in [2.75, 3.05) is 6.54 Å². The van der Waals surface area contributed by atoms with Crippen molar-refractivity contribution in [1.29, 1.82) is 0 Å². The summed E-state index contributed by atoms with van der Waals surface area (Å²) < 4.78 is 0. The summed E-state index contributed by atoms with van der Waals surface area (Å²) in [5, 5.41) is 0. The largest absolute Gasteiger partial charge is 0.296 e. The zero-order valence-electron chi connectivity index (χ0n) is 13.0. The van der Waals surface area contributed by atoms with E-state index in [0.29, 0.717) is 6.04 Å². The molecule has 2 heteroatoms. The smallest absolute Gasteiger partial charge is 0.0346 e. The highest BCUT2D eigenvalue weighted by atomic mass is 15.2. The lowest BCUT2D eigenvalue weighted by Crippen LogP contribution is -2.36. The summed E-state index contributed by atoms with van der Waals surface area (Å²) in [6.45, 7) is 6.70. The van der Waals surface area contributed by atoms with E-state index in [4.69, 9.17) is 0 Å². The number of hydrogen-bond acceptors (Lipinski definition) is 2. The summed E-state index contributed by atoms with van der Waals surface area (Å²) in [4.78, 5) is 7.03. The Morgan fingerprint density at radius 1 is 1.10 bits per heavy atom. The van der Waals surface area contributed by atoms with Gasteiger partial charge in [-0.3, -0.25) is 9.88 Å². The first-order valence-electron chi connectivity index (χ1n) is 7.97. The van der Waals surface area contributed by atoms with Gasteiger partial charge in [0.25, 0.3) is 0 Å². The molecule has 2 aromatic rings. The Bertz CT molecular complexity index is 589. The first kappa shape index (κ1) is 14.3. The van der Waals surface area contributed by atoms with E-state index in [1.54, 1.807) is 0 Å². The van der Waals surface area contributed by atoms with Gasteiger partial charge in [0.15, 0.2) is 0 Å². The fraction of sp³-hybridized carbons (Fsp3) is 0.421. The standard InChI is InChI=1S/C19H24N2/c1-15-6-8-18(9-7-15)19-11-17(12-20-13-19)14-21-10-4-3-5-16(21)2/h6-9,11-13,16H,3-5,10,14H2,1-2H3/t16-/m1/s1. The van der Waals surface area contributed by atoms with Crippen molar-refractivity contribution in [3.05, 3.63) is 53.9 Å². The third-order valence-electron chi connectivity index (χ3n) is 4.51. The van der Waals surface area contributed by atoms with Crippen LogP contribution in [0.25, 0.3) is 11.1 Å². The number of aryl methyl sites for hydroxylation is 1. The van der Waals surface area contributed by atoms with Gasteiger partial charge >= 0.3 is 0 Å². The van der Waals surface area contributed by atoms with Crippen LogP contribution in [0.2, 0.25) is 0 Å². The van der Waals surface area contributed by atoms with E-state index >= 15 is 0 Å². The molecule has 1 aliphatic rings. The lowest BCUT2D eigenvalue weighted by molar-refractivity contribution is 0.152. The second kappa shape index (κ2) is 6.40. The Hall–Kier alpha value is -1.67. The predicted octanol–water partition coefficient (Wildman–Crippen LogP) is 4.43. The van der Waals surface area contributed by atoms with Crippen LogP contribution in [-0.2, 0) is 6.54 Å². The molecular weight excluding hydrogens is 256 g/mol. The fourth-order valence-corrected chi connectivity index (χ4v) is 3.10. The van der Waals surface area contributed by atoms with Gasteiger partial charge < -0.3 is 0 Å². The molecular formula is C19H24N2. The van der Waals surface area contributed by atoms with Crippen LogP contribution in [0.5, 0.6) is 0 Å². The van der Waals surface area contributed by atoms with Crippen LogP contribution in [0.4, 0.5) is 0 Å². The van der Waals surface area contributed by atoms with Gasteiger partial charge in [0.1, 0.15) is 0 Å². The fourth-order valence-electron chi connectivity index (χ4n) is 3.10. The van der Waals surface area contributed by atoms with Crippen molar-refractivity contribution < 1.29 is 0 Å². The highest BCUT2D eigenvalue weighted by Crippen LogP contribution is 2.23. The van der Waals surface area contributed by atoms with Crippen LogP contribution in [0.1, 0.15) is 37.3 Å². The topological polar surface area (TPSA) is 16.1 Å². The summed E-state index contributed by atoms with van der Waals surface area (Å²) in [7, 11) is 0. The summed E-state index contributed by atoms with van der Waals surface area (Å²) in [5.41, 5.74) is 5.09. The van der Waals surface area contributed by atoms with Gasteiger partial charge in [0.2, 0.25) is 0 Å². The lowest BCUT2D eigenvalue weighted by Gasteiger charge is -2.33. The monoisotopic (exact) mass is 280 g/mol. The minimum Gasteiger partial charge on any atom is -0.296 e. The number of pyridine rings is 1. The second-order valence-electron chi connectivity index (χ2n) is 6.26. The molecule has 2 nitrogen and oxygen atoms in total. The maximum atomic E-state index is 4.45. The van der Waals surface area contributed by atoms with Gasteiger partial charge in [-0.2, -0.15) is 0 Å². The van der Waals surface area contributed by atoms with Crippen molar-refractivity contribution >= 4 is 0 Å². The molecule has 0 spiro atoms. The molecule has 0 radical (unpaired) electrons. The third kappa shape index (κ3) is 3.51. The van der Waals surface area contributed by atoms with Crippen molar-refractivity contribution in [1.82, 2.24) is 9.88 Å². The van der Waals surface area contributed by atoms with Crippen LogP contribution in [-0.4, -0.2) is 22.5 Å². The first-order chi connectivity index (χ1) is 10.2. The summed E-state index contributed by atoms with van der Waals surface area (Å²) in [6, 6.07) is 11.7. The minimum atomic E-state index is 0.696. The second-order valence-corrected chi connectivity index (χ2v) is 6.26. The van der Waals surface area contributed by atoms with Crippen LogP contribution in [0.3, 0.4) is 0 Å². The van der Waals surface area contributed by atoms with Crippen molar-refractivity contribution in [3.63, 3.8) is 0 Å². The van der Waals surface area contributed by atoms with E-state index in [1.807, 2.05) is 12.4 Å². The van der Waals surface area contributed by atoms with E-state index in [2.05, 4.69) is 54.1 Å². The van der Waals surface area contributed by atoms with E-state index in [9.17, 15) is 0 Å². The lowest BCUT2D eigenvalue weighted by atomic mass is 10.0. The maximum absolute atomic E-state index is 4.45. The van der Waals surface area contributed by atoms with E-state index < -0.39 is 0 Å². The van der Waals surface area contributed by atoms with Crippen LogP contribution in [0, 0.1) is 6.92 Å². The third-order valence-corrected chi connectivity index (χ3v) is 4.51. The molecule has 1 aliphatic heterocycles. The van der Waals surface area contributed by atoms with Crippen molar-refractivity contribution in [3.8, 4) is 11.1 Å². The van der Waals surface area contributed by atoms with Gasteiger partial charge in [0, 0.05) is 30.5 Å². The molecule has 2 heterocycles. The molecule has 0 bridgehead atoms. The molecule has 0 saturated carbocycles. The summed E-state index contributed by atoms with van der Waals surface area (Å²) in [5.74, 6) is 0. The molecule has 0 aliphatic carbocycles. The Labute approximate surface area is 127 Å². The van der Waals surface area contributed by atoms with Gasteiger partial charge in [-0.1, -0.05) is 36.2 Å². The molecule has 1 fully saturated rings. The van der Waals surface area contributed by atoms with Crippen LogP contribution in [0.15, 0.2) is 42.7 Å². The van der Waals surface area contributed by atoms with Crippen LogP contribution < -0.4 is 0 Å². The zero-order valence-corrected chi connectivity index (χ0v) is 13.0. The molecule has 1 atom stereocenters. The molecule has 0 unspecified atom stereocenters. The molecule has 3 rings (SSSR count). The highest BCUT2D eigenvalue weighted by Gasteiger charge is 2.18. The molecule has 110 valence electrons. The normalized spacial score (nSPS) is 19.6. The Morgan fingerprint density at radius 3 is 2.67 bits per heavy atom. The number of hydrogen-bond donors (Lipinski definition) is 0. The predicted molar refractivity (Wildman–Crippen MR) is 88.1 cm³/mol. The van der Waals surface area contributed by atoms with Crippen molar-refractivity contribution in [2.45, 2.75) is 45.7 Å². The number of piperidine rings is 1. The molecule has 0 amide bonds. The Balaban J connectivity index is 1.78. The molecule has 1 aromatic heterocycles. The first-order valence-corrected chi connectivity index (χ1v) is 7.97. The number of nitrogens with zero attached hydrogens (tertiary/aromatic N) is 2. The van der Waals surface area contributed by atoms with Crippen LogP contribution >= 0.6 is 0 Å². The number of aromatic nitrogens is 1. The molecule has 21 heavy (non-hydrogen) atoms. The number of benzene rings is 1. The van der Waals surface area contributed by atoms with Gasteiger partial charge in [-0.15, -0.1) is 0 Å². The van der Waals surface area contributed by atoms with Gasteiger partial charge in [-0.05, 0) is 50.4 Å². The quantitative estimate of drug-likeness (QED) is 0.826.